The number of hydrogen-bond acceptors (Lipinski definition) is 1. The van der Waals surface area contributed by atoms with Crippen molar-refractivity contribution >= 4 is 10.9 Å². The zero-order valence-corrected chi connectivity index (χ0v) is 13.1. The minimum atomic E-state index is -0.202. The number of H-pyrrole nitrogens is 1. The van der Waals surface area contributed by atoms with Crippen LogP contribution in [0.4, 0.5) is 4.39 Å². The first-order valence-electron chi connectivity index (χ1n) is 7.73. The summed E-state index contributed by atoms with van der Waals surface area (Å²) in [5, 5.41) is 1.26. The molecule has 2 aromatic carbocycles. The number of likely N-dealkylation sites (N-methyl/N-ethyl adjacent to an activating group) is 1. The summed E-state index contributed by atoms with van der Waals surface area (Å²) >= 11 is 0. The van der Waals surface area contributed by atoms with E-state index in [1.807, 2.05) is 18.2 Å². The van der Waals surface area contributed by atoms with Gasteiger partial charge in [0.25, 0.3) is 0 Å². The van der Waals surface area contributed by atoms with Crippen LogP contribution >= 0.6 is 0 Å². The van der Waals surface area contributed by atoms with Gasteiger partial charge in [-0.15, -0.1) is 0 Å². The average Bonchev–Trinajstić information content (AvgIpc) is 2.92. The summed E-state index contributed by atoms with van der Waals surface area (Å²) in [5.74, 6) is -0.202. The molecule has 3 heteroatoms. The number of benzene rings is 2. The van der Waals surface area contributed by atoms with E-state index in [1.54, 1.807) is 0 Å². The Hall–Kier alpha value is -2.13. The van der Waals surface area contributed by atoms with Crippen LogP contribution < -0.4 is 0 Å². The maximum atomic E-state index is 13.2. The second-order valence-electron chi connectivity index (χ2n) is 5.68. The van der Waals surface area contributed by atoms with Crippen LogP contribution in [0.15, 0.2) is 48.5 Å². The van der Waals surface area contributed by atoms with Crippen LogP contribution in [-0.2, 0) is 6.42 Å². The Kier molecular flexibility index (Phi) is 4.25. The molecule has 0 aliphatic rings. The molecule has 3 aromatic rings. The van der Waals surface area contributed by atoms with Gasteiger partial charge in [-0.05, 0) is 61.5 Å². The van der Waals surface area contributed by atoms with Crippen molar-refractivity contribution < 1.29 is 4.39 Å². The molecule has 3 rings (SSSR count). The van der Waals surface area contributed by atoms with Crippen LogP contribution in [0.2, 0.25) is 0 Å². The molecular formula is C19H21FN2. The number of fused-ring (bicyclic) bond motifs is 1. The Labute approximate surface area is 130 Å². The third-order valence-electron chi connectivity index (χ3n) is 4.23. The first-order valence-corrected chi connectivity index (χ1v) is 7.73. The maximum absolute atomic E-state index is 13.2. The van der Waals surface area contributed by atoms with Gasteiger partial charge in [-0.2, -0.15) is 0 Å². The van der Waals surface area contributed by atoms with Crippen molar-refractivity contribution in [3.63, 3.8) is 0 Å². The van der Waals surface area contributed by atoms with E-state index < -0.39 is 0 Å². The number of rotatable bonds is 5. The smallest absolute Gasteiger partial charge is 0.123 e. The lowest BCUT2D eigenvalue weighted by Gasteiger charge is -2.14. The van der Waals surface area contributed by atoms with Crippen molar-refractivity contribution in [1.82, 2.24) is 9.88 Å². The van der Waals surface area contributed by atoms with Gasteiger partial charge < -0.3 is 9.88 Å². The van der Waals surface area contributed by atoms with Crippen molar-refractivity contribution in [1.29, 1.82) is 0 Å². The van der Waals surface area contributed by atoms with Crippen LogP contribution in [0.1, 0.15) is 12.5 Å². The Bertz CT molecular complexity index is 759. The largest absolute Gasteiger partial charge is 0.354 e. The third-order valence-corrected chi connectivity index (χ3v) is 4.23. The molecule has 0 amide bonds. The molecule has 0 spiro atoms. The Balaban J connectivity index is 2.06. The Morgan fingerprint density at radius 2 is 1.77 bits per heavy atom. The lowest BCUT2D eigenvalue weighted by molar-refractivity contribution is 0.358. The Morgan fingerprint density at radius 3 is 2.50 bits per heavy atom. The number of nitrogens with zero attached hydrogens (tertiary/aromatic N) is 1. The van der Waals surface area contributed by atoms with Gasteiger partial charge in [0, 0.05) is 23.1 Å². The Morgan fingerprint density at radius 1 is 1.05 bits per heavy atom. The molecule has 114 valence electrons. The third kappa shape index (κ3) is 2.90. The highest BCUT2D eigenvalue weighted by molar-refractivity contribution is 5.90. The quantitative estimate of drug-likeness (QED) is 0.736. The van der Waals surface area contributed by atoms with Gasteiger partial charge in [-0.1, -0.05) is 25.1 Å². The summed E-state index contributed by atoms with van der Waals surface area (Å²) in [5.41, 5.74) is 4.58. The molecule has 1 aromatic heterocycles. The number of hydrogen-bond donors (Lipinski definition) is 1. The molecule has 0 atom stereocenters. The summed E-state index contributed by atoms with van der Waals surface area (Å²) in [6.45, 7) is 4.21. The first kappa shape index (κ1) is 14.8. The van der Waals surface area contributed by atoms with E-state index >= 15 is 0 Å². The molecule has 0 radical (unpaired) electrons. The molecule has 0 aliphatic carbocycles. The van der Waals surface area contributed by atoms with E-state index in [0.29, 0.717) is 0 Å². The number of aromatic amines is 1. The molecule has 0 bridgehead atoms. The summed E-state index contributed by atoms with van der Waals surface area (Å²) < 4.78 is 13.2. The van der Waals surface area contributed by atoms with Gasteiger partial charge in [-0.25, -0.2) is 4.39 Å². The van der Waals surface area contributed by atoms with E-state index in [-0.39, 0.29) is 5.82 Å². The summed E-state index contributed by atoms with van der Waals surface area (Å²) in [6.07, 6.45) is 0.973. The summed E-state index contributed by atoms with van der Waals surface area (Å²) in [4.78, 5) is 5.80. The van der Waals surface area contributed by atoms with Crippen molar-refractivity contribution in [3.8, 4) is 11.3 Å². The fourth-order valence-electron chi connectivity index (χ4n) is 2.78. The zero-order chi connectivity index (χ0) is 15.5. The van der Waals surface area contributed by atoms with Crippen LogP contribution in [0.3, 0.4) is 0 Å². The molecule has 2 nitrogen and oxygen atoms in total. The van der Waals surface area contributed by atoms with Crippen LogP contribution in [0.5, 0.6) is 0 Å². The molecule has 0 saturated heterocycles. The van der Waals surface area contributed by atoms with Crippen LogP contribution in [-0.4, -0.2) is 30.0 Å². The number of halogens is 1. The predicted octanol–water partition coefficient (Wildman–Crippen LogP) is 4.47. The van der Waals surface area contributed by atoms with Crippen molar-refractivity contribution in [2.45, 2.75) is 13.3 Å². The van der Waals surface area contributed by atoms with Gasteiger partial charge in [0.05, 0.1) is 0 Å². The van der Waals surface area contributed by atoms with Gasteiger partial charge in [-0.3, -0.25) is 0 Å². The van der Waals surface area contributed by atoms with E-state index in [1.165, 1.54) is 23.1 Å². The highest BCUT2D eigenvalue weighted by Gasteiger charge is 2.13. The SMILES string of the molecule is CCN(C)CCc1c(-c2ccc(F)cc2)[nH]c2ccccc12. The minimum absolute atomic E-state index is 0.202. The van der Waals surface area contributed by atoms with E-state index in [4.69, 9.17) is 0 Å². The molecule has 1 N–H and O–H groups in total. The molecule has 0 unspecified atom stereocenters. The van der Waals surface area contributed by atoms with Gasteiger partial charge in [0.1, 0.15) is 5.82 Å². The van der Waals surface area contributed by atoms with Crippen molar-refractivity contribution in [3.05, 3.63) is 59.9 Å². The fourth-order valence-corrected chi connectivity index (χ4v) is 2.78. The maximum Gasteiger partial charge on any atom is 0.123 e. The van der Waals surface area contributed by atoms with Crippen molar-refractivity contribution in [2.75, 3.05) is 20.1 Å². The number of nitrogens with one attached hydrogen (secondary N) is 1. The zero-order valence-electron chi connectivity index (χ0n) is 13.1. The van der Waals surface area contributed by atoms with E-state index in [2.05, 4.69) is 42.1 Å². The molecular weight excluding hydrogens is 275 g/mol. The van der Waals surface area contributed by atoms with E-state index in [0.717, 1.165) is 36.3 Å². The number of aromatic nitrogens is 1. The second-order valence-corrected chi connectivity index (χ2v) is 5.68. The lowest BCUT2D eigenvalue weighted by atomic mass is 10.0. The van der Waals surface area contributed by atoms with Gasteiger partial charge >= 0.3 is 0 Å². The highest BCUT2D eigenvalue weighted by Crippen LogP contribution is 2.30. The molecule has 22 heavy (non-hydrogen) atoms. The molecule has 0 saturated carbocycles. The predicted molar refractivity (Wildman–Crippen MR) is 90.6 cm³/mol. The lowest BCUT2D eigenvalue weighted by Crippen LogP contribution is -2.20. The van der Waals surface area contributed by atoms with E-state index in [9.17, 15) is 4.39 Å². The van der Waals surface area contributed by atoms with Gasteiger partial charge in [0.15, 0.2) is 0 Å². The summed E-state index contributed by atoms with van der Waals surface area (Å²) in [7, 11) is 2.13. The number of para-hydroxylation sites is 1. The normalized spacial score (nSPS) is 11.5. The molecule has 1 heterocycles. The first-order chi connectivity index (χ1) is 10.7. The molecule has 0 fully saturated rings. The van der Waals surface area contributed by atoms with Gasteiger partial charge in [0.2, 0.25) is 0 Å². The van der Waals surface area contributed by atoms with Crippen LogP contribution in [0.25, 0.3) is 22.2 Å². The molecule has 0 aliphatic heterocycles. The summed E-state index contributed by atoms with van der Waals surface area (Å²) in [6, 6.07) is 15.1. The fraction of sp³-hybridized carbons (Fsp3) is 0.263. The van der Waals surface area contributed by atoms with Crippen LogP contribution in [0, 0.1) is 5.82 Å². The standard InChI is InChI=1S/C19H21FN2/c1-3-22(2)13-12-17-16-6-4-5-7-18(16)21-19(17)14-8-10-15(20)11-9-14/h4-11,21H,3,12-13H2,1-2H3. The topological polar surface area (TPSA) is 19.0 Å². The highest BCUT2D eigenvalue weighted by atomic mass is 19.1. The van der Waals surface area contributed by atoms with Crippen molar-refractivity contribution in [2.24, 2.45) is 0 Å². The second kappa shape index (κ2) is 6.32. The monoisotopic (exact) mass is 296 g/mol. The average molecular weight is 296 g/mol. The minimum Gasteiger partial charge on any atom is -0.354 e.